The van der Waals surface area contributed by atoms with Crippen molar-refractivity contribution in [2.24, 2.45) is 0 Å². The third kappa shape index (κ3) is 4.02. The van der Waals surface area contributed by atoms with Gasteiger partial charge in [0.05, 0.1) is 6.54 Å². The summed E-state index contributed by atoms with van der Waals surface area (Å²) in [5.74, 6) is 1.11. The summed E-state index contributed by atoms with van der Waals surface area (Å²) in [5, 5.41) is 0. The van der Waals surface area contributed by atoms with Crippen molar-refractivity contribution < 1.29 is 9.53 Å². The van der Waals surface area contributed by atoms with Gasteiger partial charge in [0.1, 0.15) is 12.4 Å². The first-order valence-corrected chi connectivity index (χ1v) is 7.21. The Morgan fingerprint density at radius 2 is 2.17 bits per heavy atom. The molecule has 98 valence electrons. The molecule has 1 amide bonds. The maximum Gasteiger partial charge on any atom is 0.222 e. The summed E-state index contributed by atoms with van der Waals surface area (Å²) in [6.45, 7) is 2.12. The zero-order valence-corrected chi connectivity index (χ0v) is 12.0. The van der Waals surface area contributed by atoms with Crippen LogP contribution in [0.4, 0.5) is 0 Å². The van der Waals surface area contributed by atoms with Crippen LogP contribution in [0.2, 0.25) is 0 Å². The van der Waals surface area contributed by atoms with Crippen molar-refractivity contribution in [1.82, 2.24) is 4.90 Å². The number of nitrogens with zero attached hydrogens (tertiary/aromatic N) is 1. The van der Waals surface area contributed by atoms with Gasteiger partial charge in [-0.25, -0.2) is 0 Å². The molecule has 18 heavy (non-hydrogen) atoms. The normalized spacial score (nSPS) is 16.5. The molecule has 0 unspecified atom stereocenters. The topological polar surface area (TPSA) is 29.5 Å². The van der Waals surface area contributed by atoms with Crippen LogP contribution in [-0.2, 0) is 4.79 Å². The van der Waals surface area contributed by atoms with Crippen LogP contribution in [-0.4, -0.2) is 30.5 Å². The van der Waals surface area contributed by atoms with Crippen LogP contribution < -0.4 is 4.74 Å². The van der Waals surface area contributed by atoms with E-state index in [-0.39, 0.29) is 5.91 Å². The number of likely N-dealkylation sites (tertiary alicyclic amines) is 1. The Morgan fingerprint density at radius 1 is 1.28 bits per heavy atom. The van der Waals surface area contributed by atoms with Crippen LogP contribution in [0.1, 0.15) is 25.7 Å². The van der Waals surface area contributed by atoms with Crippen molar-refractivity contribution in [2.75, 3.05) is 19.7 Å². The highest BCUT2D eigenvalue weighted by Crippen LogP contribution is 2.18. The number of carbonyl (C=O) groups excluding carboxylic acids is 1. The van der Waals surface area contributed by atoms with Crippen molar-refractivity contribution in [2.45, 2.75) is 25.7 Å². The lowest BCUT2D eigenvalue weighted by atomic mass is 10.2. The van der Waals surface area contributed by atoms with E-state index in [0.29, 0.717) is 19.6 Å². The van der Waals surface area contributed by atoms with Crippen molar-refractivity contribution in [3.63, 3.8) is 0 Å². The Labute approximate surface area is 116 Å². The molecule has 1 aliphatic rings. The number of halogens is 1. The number of carbonyl (C=O) groups is 1. The van der Waals surface area contributed by atoms with E-state index in [2.05, 4.69) is 15.9 Å². The quantitative estimate of drug-likeness (QED) is 0.854. The Kier molecular flexibility index (Phi) is 5.05. The summed E-state index contributed by atoms with van der Waals surface area (Å²) < 4.78 is 6.66. The van der Waals surface area contributed by atoms with Gasteiger partial charge in [-0.05, 0) is 31.0 Å². The first-order valence-electron chi connectivity index (χ1n) is 6.42. The summed E-state index contributed by atoms with van der Waals surface area (Å²) in [7, 11) is 0. The van der Waals surface area contributed by atoms with Crippen molar-refractivity contribution in [1.29, 1.82) is 0 Å². The Balaban J connectivity index is 1.79. The van der Waals surface area contributed by atoms with E-state index < -0.39 is 0 Å². The highest BCUT2D eigenvalue weighted by molar-refractivity contribution is 9.10. The molecule has 4 heteroatoms. The van der Waals surface area contributed by atoms with Gasteiger partial charge in [-0.15, -0.1) is 0 Å². The van der Waals surface area contributed by atoms with Gasteiger partial charge >= 0.3 is 0 Å². The standard InChI is InChI=1S/C14H18BrNO2/c15-12-5-4-6-13(11-12)18-10-9-16-8-3-1-2-7-14(16)17/h4-6,11H,1-3,7-10H2. The van der Waals surface area contributed by atoms with Crippen LogP contribution in [0.15, 0.2) is 28.7 Å². The second kappa shape index (κ2) is 6.78. The van der Waals surface area contributed by atoms with E-state index in [0.717, 1.165) is 36.0 Å². The van der Waals surface area contributed by atoms with E-state index in [1.807, 2.05) is 29.2 Å². The predicted octanol–water partition coefficient (Wildman–Crippen LogP) is 3.23. The Bertz CT molecular complexity index is 409. The van der Waals surface area contributed by atoms with Crippen LogP contribution in [0.25, 0.3) is 0 Å². The molecular formula is C14H18BrNO2. The fourth-order valence-corrected chi connectivity index (χ4v) is 2.48. The molecule has 1 fully saturated rings. The molecule has 0 aromatic heterocycles. The average molecular weight is 312 g/mol. The second-order valence-corrected chi connectivity index (χ2v) is 5.41. The molecule has 1 aliphatic heterocycles. The maximum atomic E-state index is 11.8. The molecule has 0 spiro atoms. The van der Waals surface area contributed by atoms with Crippen LogP contribution in [0.5, 0.6) is 5.75 Å². The molecule has 2 rings (SSSR count). The SMILES string of the molecule is O=C1CCCCCN1CCOc1cccc(Br)c1. The van der Waals surface area contributed by atoms with Gasteiger partial charge in [0.2, 0.25) is 5.91 Å². The third-order valence-electron chi connectivity index (χ3n) is 3.10. The van der Waals surface area contributed by atoms with E-state index in [1.165, 1.54) is 0 Å². The van der Waals surface area contributed by atoms with Crippen molar-refractivity contribution in [3.8, 4) is 5.75 Å². The smallest absolute Gasteiger partial charge is 0.222 e. The van der Waals surface area contributed by atoms with Gasteiger partial charge in [0, 0.05) is 17.4 Å². The number of benzene rings is 1. The summed E-state index contributed by atoms with van der Waals surface area (Å²) in [6, 6.07) is 7.76. The highest BCUT2D eigenvalue weighted by atomic mass is 79.9. The number of amides is 1. The summed E-state index contributed by atoms with van der Waals surface area (Å²) in [4.78, 5) is 13.7. The molecule has 1 aromatic carbocycles. The molecule has 0 N–H and O–H groups in total. The van der Waals surface area contributed by atoms with Gasteiger partial charge in [-0.3, -0.25) is 4.79 Å². The fraction of sp³-hybridized carbons (Fsp3) is 0.500. The fourth-order valence-electron chi connectivity index (χ4n) is 2.11. The lowest BCUT2D eigenvalue weighted by molar-refractivity contribution is -0.131. The van der Waals surface area contributed by atoms with Gasteiger partial charge < -0.3 is 9.64 Å². The lowest BCUT2D eigenvalue weighted by Crippen LogP contribution is -2.34. The monoisotopic (exact) mass is 311 g/mol. The largest absolute Gasteiger partial charge is 0.492 e. The van der Waals surface area contributed by atoms with Gasteiger partial charge in [0.25, 0.3) is 0 Å². The van der Waals surface area contributed by atoms with E-state index in [1.54, 1.807) is 0 Å². The van der Waals surface area contributed by atoms with Crippen molar-refractivity contribution >= 4 is 21.8 Å². The molecule has 0 radical (unpaired) electrons. The van der Waals surface area contributed by atoms with E-state index in [9.17, 15) is 4.79 Å². The van der Waals surface area contributed by atoms with Crippen LogP contribution in [0, 0.1) is 0 Å². The van der Waals surface area contributed by atoms with E-state index in [4.69, 9.17) is 4.74 Å². The number of hydrogen-bond acceptors (Lipinski definition) is 2. The third-order valence-corrected chi connectivity index (χ3v) is 3.59. The first-order chi connectivity index (χ1) is 8.75. The molecule has 1 saturated heterocycles. The minimum absolute atomic E-state index is 0.269. The van der Waals surface area contributed by atoms with Gasteiger partial charge in [-0.2, -0.15) is 0 Å². The number of hydrogen-bond donors (Lipinski definition) is 0. The van der Waals surface area contributed by atoms with Crippen LogP contribution in [0.3, 0.4) is 0 Å². The molecule has 3 nitrogen and oxygen atoms in total. The molecule has 0 aliphatic carbocycles. The zero-order chi connectivity index (χ0) is 12.8. The minimum Gasteiger partial charge on any atom is -0.492 e. The van der Waals surface area contributed by atoms with Gasteiger partial charge in [-0.1, -0.05) is 28.4 Å². The molecular weight excluding hydrogens is 294 g/mol. The van der Waals surface area contributed by atoms with Gasteiger partial charge in [0.15, 0.2) is 0 Å². The molecule has 1 aromatic rings. The number of ether oxygens (including phenoxy) is 1. The Morgan fingerprint density at radius 3 is 3.00 bits per heavy atom. The number of rotatable bonds is 4. The summed E-state index contributed by atoms with van der Waals surface area (Å²) in [6.07, 6.45) is 4.00. The molecule has 0 atom stereocenters. The predicted molar refractivity (Wildman–Crippen MR) is 74.7 cm³/mol. The first kappa shape index (κ1) is 13.4. The summed E-state index contributed by atoms with van der Waals surface area (Å²) >= 11 is 3.41. The summed E-state index contributed by atoms with van der Waals surface area (Å²) in [5.41, 5.74) is 0. The van der Waals surface area contributed by atoms with E-state index >= 15 is 0 Å². The molecule has 0 saturated carbocycles. The maximum absolute atomic E-state index is 11.8. The van der Waals surface area contributed by atoms with Crippen molar-refractivity contribution in [3.05, 3.63) is 28.7 Å². The zero-order valence-electron chi connectivity index (χ0n) is 10.4. The average Bonchev–Trinajstić information content (AvgIpc) is 2.55. The highest BCUT2D eigenvalue weighted by Gasteiger charge is 2.15. The lowest BCUT2D eigenvalue weighted by Gasteiger charge is -2.20. The molecule has 1 heterocycles. The molecule has 0 bridgehead atoms. The van der Waals surface area contributed by atoms with Crippen LogP contribution >= 0.6 is 15.9 Å². The second-order valence-electron chi connectivity index (χ2n) is 4.50. The Hall–Kier alpha value is -1.03. The minimum atomic E-state index is 0.269.